The van der Waals surface area contributed by atoms with Crippen LogP contribution in [0.5, 0.6) is 0 Å². The third-order valence-electron chi connectivity index (χ3n) is 6.21. The van der Waals surface area contributed by atoms with Gasteiger partial charge in [0.05, 0.1) is 6.57 Å². The molecule has 1 aliphatic heterocycles. The molecule has 1 amide bonds. The van der Waals surface area contributed by atoms with Crippen LogP contribution in [0, 0.1) is 6.57 Å². The predicted octanol–water partition coefficient (Wildman–Crippen LogP) is 5.42. The average molecular weight is 448 g/mol. The maximum atomic E-state index is 13.3. The maximum absolute atomic E-state index is 13.3. The highest BCUT2D eigenvalue weighted by Gasteiger charge is 2.26. The summed E-state index contributed by atoms with van der Waals surface area (Å²) in [4.78, 5) is 23.3. The van der Waals surface area contributed by atoms with Crippen molar-refractivity contribution in [1.82, 2.24) is 19.8 Å². The summed E-state index contributed by atoms with van der Waals surface area (Å²) in [6.07, 6.45) is 8.55. The van der Waals surface area contributed by atoms with Crippen LogP contribution in [0.2, 0.25) is 0 Å². The number of hydrogen-bond acceptors (Lipinski definition) is 3. The van der Waals surface area contributed by atoms with E-state index in [9.17, 15) is 4.79 Å². The molecule has 0 spiro atoms. The van der Waals surface area contributed by atoms with E-state index in [1.807, 2.05) is 48.5 Å². The van der Waals surface area contributed by atoms with Crippen LogP contribution in [-0.2, 0) is 19.5 Å². The molecule has 3 heterocycles. The molecule has 6 heteroatoms. The number of hydrogen-bond donors (Lipinski definition) is 1. The minimum atomic E-state index is -0.164. The van der Waals surface area contributed by atoms with Gasteiger partial charge in [-0.15, -0.1) is 0 Å². The molecule has 0 radical (unpaired) electrons. The minimum absolute atomic E-state index is 0.164. The van der Waals surface area contributed by atoms with Crippen molar-refractivity contribution in [3.63, 3.8) is 0 Å². The highest BCUT2D eigenvalue weighted by Crippen LogP contribution is 2.33. The molecule has 0 fully saturated rings. The van der Waals surface area contributed by atoms with E-state index in [1.165, 1.54) is 11.1 Å². The number of fused-ring (bicyclic) bond motifs is 3. The first kappa shape index (κ1) is 21.6. The Morgan fingerprint density at radius 3 is 2.74 bits per heavy atom. The molecule has 5 rings (SSSR count). The van der Waals surface area contributed by atoms with Crippen molar-refractivity contribution >= 4 is 28.7 Å². The molecule has 0 saturated carbocycles. The van der Waals surface area contributed by atoms with Crippen LogP contribution in [0.15, 0.2) is 79.1 Å². The molecule has 0 atom stereocenters. The quantitative estimate of drug-likeness (QED) is 0.416. The Labute approximate surface area is 199 Å². The standard InChI is InChI=1S/C28H25N5O/c1-29-23-9-10-24-25-20-32(16-5-8-21-6-3-2-4-7-21)17-13-26(25)33(27(24)18-23)28(34)31-19-22-11-14-30-15-12-22/h2-12,14-15,18H,13,16-17,19-20H2,(H,31,34)/b8-5+. The van der Waals surface area contributed by atoms with Crippen molar-refractivity contribution in [3.8, 4) is 0 Å². The number of aromatic nitrogens is 2. The summed E-state index contributed by atoms with van der Waals surface area (Å²) in [6, 6.07) is 19.6. The number of carbonyl (C=O) groups excluding carboxylic acids is 1. The molecule has 6 nitrogen and oxygen atoms in total. The molecule has 2 aromatic carbocycles. The molecule has 0 saturated heterocycles. The summed E-state index contributed by atoms with van der Waals surface area (Å²) in [5.41, 5.74) is 5.72. The van der Waals surface area contributed by atoms with Crippen LogP contribution in [0.4, 0.5) is 10.5 Å². The van der Waals surface area contributed by atoms with Gasteiger partial charge in [0.25, 0.3) is 0 Å². The number of pyridine rings is 1. The summed E-state index contributed by atoms with van der Waals surface area (Å²) in [5.74, 6) is 0. The van der Waals surface area contributed by atoms with Crippen LogP contribution < -0.4 is 5.32 Å². The van der Waals surface area contributed by atoms with E-state index >= 15 is 0 Å². The van der Waals surface area contributed by atoms with Crippen molar-refractivity contribution in [1.29, 1.82) is 0 Å². The largest absolute Gasteiger partial charge is 0.333 e. The third kappa shape index (κ3) is 4.47. The number of benzene rings is 2. The summed E-state index contributed by atoms with van der Waals surface area (Å²) < 4.78 is 1.78. The predicted molar refractivity (Wildman–Crippen MR) is 135 cm³/mol. The first-order valence-electron chi connectivity index (χ1n) is 11.4. The van der Waals surface area contributed by atoms with E-state index in [0.717, 1.165) is 48.2 Å². The Balaban J connectivity index is 1.41. The van der Waals surface area contributed by atoms with Gasteiger partial charge in [0.2, 0.25) is 0 Å². The Hall–Kier alpha value is -4.21. The van der Waals surface area contributed by atoms with Crippen molar-refractivity contribution in [2.24, 2.45) is 0 Å². The molecule has 0 bridgehead atoms. The zero-order valence-corrected chi connectivity index (χ0v) is 18.8. The lowest BCUT2D eigenvalue weighted by Gasteiger charge is -2.27. The molecule has 1 aliphatic rings. The van der Waals surface area contributed by atoms with Gasteiger partial charge in [-0.2, -0.15) is 0 Å². The van der Waals surface area contributed by atoms with Crippen LogP contribution in [-0.4, -0.2) is 33.6 Å². The summed E-state index contributed by atoms with van der Waals surface area (Å²) in [6.45, 7) is 10.3. The molecule has 0 unspecified atom stereocenters. The zero-order valence-electron chi connectivity index (χ0n) is 18.8. The summed E-state index contributed by atoms with van der Waals surface area (Å²) in [7, 11) is 0. The molecule has 4 aromatic rings. The fraction of sp³-hybridized carbons (Fsp3) is 0.179. The average Bonchev–Trinajstić information content (AvgIpc) is 3.21. The van der Waals surface area contributed by atoms with Crippen molar-refractivity contribution in [3.05, 3.63) is 113 Å². The smallest absolute Gasteiger partial charge is 0.326 e. The van der Waals surface area contributed by atoms with Crippen molar-refractivity contribution in [2.45, 2.75) is 19.5 Å². The van der Waals surface area contributed by atoms with Gasteiger partial charge in [0.1, 0.15) is 0 Å². The number of nitrogens with one attached hydrogen (secondary N) is 1. The Kier molecular flexibility index (Phi) is 6.19. The third-order valence-corrected chi connectivity index (χ3v) is 6.21. The summed E-state index contributed by atoms with van der Waals surface area (Å²) >= 11 is 0. The van der Waals surface area contributed by atoms with Crippen LogP contribution in [0.3, 0.4) is 0 Å². The van der Waals surface area contributed by atoms with E-state index in [2.05, 4.69) is 44.3 Å². The number of rotatable bonds is 5. The van der Waals surface area contributed by atoms with Gasteiger partial charge in [0, 0.05) is 61.6 Å². The van der Waals surface area contributed by atoms with Gasteiger partial charge in [-0.25, -0.2) is 9.64 Å². The second-order valence-electron chi connectivity index (χ2n) is 8.39. The molecule has 0 aliphatic carbocycles. The normalized spacial score (nSPS) is 13.6. The first-order chi connectivity index (χ1) is 16.7. The lowest BCUT2D eigenvalue weighted by Crippen LogP contribution is -2.34. The van der Waals surface area contributed by atoms with Crippen molar-refractivity contribution in [2.75, 3.05) is 13.1 Å². The molecule has 34 heavy (non-hydrogen) atoms. The lowest BCUT2D eigenvalue weighted by molar-refractivity contribution is 0.240. The molecule has 1 N–H and O–H groups in total. The van der Waals surface area contributed by atoms with E-state index in [1.54, 1.807) is 17.0 Å². The van der Waals surface area contributed by atoms with E-state index < -0.39 is 0 Å². The highest BCUT2D eigenvalue weighted by molar-refractivity contribution is 5.97. The SMILES string of the molecule is [C-]#[N+]c1ccc2c3c(n(C(=O)NCc4ccncc4)c2c1)CCN(C/C=C/c1ccccc1)C3. The number of amides is 1. The van der Waals surface area contributed by atoms with E-state index in [-0.39, 0.29) is 6.03 Å². The summed E-state index contributed by atoms with van der Waals surface area (Å²) in [5, 5.41) is 4.08. The zero-order chi connectivity index (χ0) is 23.3. The van der Waals surface area contributed by atoms with Gasteiger partial charge >= 0.3 is 6.03 Å². The van der Waals surface area contributed by atoms with Gasteiger partial charge < -0.3 is 5.32 Å². The van der Waals surface area contributed by atoms with Gasteiger partial charge in [0.15, 0.2) is 5.69 Å². The fourth-order valence-electron chi connectivity index (χ4n) is 4.52. The Morgan fingerprint density at radius 1 is 1.12 bits per heavy atom. The van der Waals surface area contributed by atoms with E-state index in [0.29, 0.717) is 12.2 Å². The lowest BCUT2D eigenvalue weighted by atomic mass is 10.0. The first-order valence-corrected chi connectivity index (χ1v) is 11.4. The van der Waals surface area contributed by atoms with Crippen LogP contribution >= 0.6 is 0 Å². The van der Waals surface area contributed by atoms with Crippen LogP contribution in [0.25, 0.3) is 21.8 Å². The van der Waals surface area contributed by atoms with Crippen LogP contribution in [0.1, 0.15) is 22.4 Å². The molecular weight excluding hydrogens is 422 g/mol. The molecule has 168 valence electrons. The maximum Gasteiger partial charge on any atom is 0.326 e. The Bertz CT molecular complexity index is 1380. The fourth-order valence-corrected chi connectivity index (χ4v) is 4.52. The van der Waals surface area contributed by atoms with E-state index in [4.69, 9.17) is 6.57 Å². The minimum Gasteiger partial charge on any atom is -0.333 e. The highest BCUT2D eigenvalue weighted by atomic mass is 16.2. The second kappa shape index (κ2) is 9.74. The van der Waals surface area contributed by atoms with Gasteiger partial charge in [-0.05, 0) is 34.9 Å². The number of nitrogens with zero attached hydrogens (tertiary/aromatic N) is 4. The Morgan fingerprint density at radius 2 is 1.94 bits per heavy atom. The van der Waals surface area contributed by atoms with Gasteiger partial charge in [-0.1, -0.05) is 54.6 Å². The monoisotopic (exact) mass is 447 g/mol. The topological polar surface area (TPSA) is 54.5 Å². The molecular formula is C28H25N5O. The number of carbonyl (C=O) groups is 1. The van der Waals surface area contributed by atoms with Gasteiger partial charge in [-0.3, -0.25) is 14.5 Å². The second-order valence-corrected chi connectivity index (χ2v) is 8.39. The molecule has 2 aromatic heterocycles. The van der Waals surface area contributed by atoms with Crippen molar-refractivity contribution < 1.29 is 4.79 Å².